The number of fused-ring (bicyclic) bond motifs is 1. The Morgan fingerprint density at radius 3 is 2.55 bits per heavy atom. The maximum absolute atomic E-state index is 15.4. The molecule has 0 radical (unpaired) electrons. The fourth-order valence-electron chi connectivity index (χ4n) is 6.58. The number of carbonyl (C=O) groups is 2. The molecule has 2 amide bonds. The van der Waals surface area contributed by atoms with E-state index in [0.29, 0.717) is 56.9 Å². The average Bonchev–Trinajstić information content (AvgIpc) is 3.51. The second kappa shape index (κ2) is 12.5. The summed E-state index contributed by atoms with van der Waals surface area (Å²) >= 11 is 1.48. The lowest BCUT2D eigenvalue weighted by Gasteiger charge is -2.34. The van der Waals surface area contributed by atoms with Crippen LogP contribution in [0, 0.1) is 11.2 Å². The molecule has 3 aromatic rings. The first-order valence-electron chi connectivity index (χ1n) is 15.6. The zero-order valence-electron chi connectivity index (χ0n) is 25.7. The Morgan fingerprint density at radius 2 is 1.82 bits per heavy atom. The molecule has 10 nitrogen and oxygen atoms in total. The first-order valence-corrected chi connectivity index (χ1v) is 16.6. The van der Waals surface area contributed by atoms with Crippen molar-refractivity contribution in [2.75, 3.05) is 50.7 Å². The minimum atomic E-state index is -0.536. The van der Waals surface area contributed by atoms with Gasteiger partial charge in [-0.2, -0.15) is 0 Å². The second-order valence-corrected chi connectivity index (χ2v) is 14.5. The molecule has 2 N–H and O–H groups in total. The van der Waals surface area contributed by atoms with E-state index >= 15 is 4.39 Å². The summed E-state index contributed by atoms with van der Waals surface area (Å²) in [6, 6.07) is 8.83. The van der Waals surface area contributed by atoms with E-state index in [9.17, 15) is 14.4 Å². The number of piperazine rings is 1. The number of piperidine rings is 1. The predicted molar refractivity (Wildman–Crippen MR) is 171 cm³/mol. The van der Waals surface area contributed by atoms with Crippen molar-refractivity contribution in [3.05, 3.63) is 58.4 Å². The van der Waals surface area contributed by atoms with Gasteiger partial charge in [-0.15, -0.1) is 11.8 Å². The summed E-state index contributed by atoms with van der Waals surface area (Å²) in [6.07, 6.45) is 3.85. The van der Waals surface area contributed by atoms with Gasteiger partial charge in [0.2, 0.25) is 11.8 Å². The predicted octanol–water partition coefficient (Wildman–Crippen LogP) is 3.91. The number of H-pyrrole nitrogens is 1. The van der Waals surface area contributed by atoms with Crippen LogP contribution in [0.4, 0.5) is 10.1 Å². The Morgan fingerprint density at radius 1 is 1.07 bits per heavy atom. The first-order chi connectivity index (χ1) is 21.1. The molecule has 3 fully saturated rings. The van der Waals surface area contributed by atoms with Crippen molar-refractivity contribution in [3.8, 4) is 0 Å². The number of benzene rings is 1. The molecule has 5 heterocycles. The lowest BCUT2D eigenvalue weighted by atomic mass is 9.92. The fourth-order valence-corrected chi connectivity index (χ4v) is 8.08. The number of aromatic amines is 1. The molecule has 44 heavy (non-hydrogen) atoms. The smallest absolute Gasteiger partial charge is 0.327 e. The summed E-state index contributed by atoms with van der Waals surface area (Å²) in [7, 11) is 0. The lowest BCUT2D eigenvalue weighted by Crippen LogP contribution is -2.44. The highest BCUT2D eigenvalue weighted by Crippen LogP contribution is 2.48. The monoisotopic (exact) mass is 623 g/mol. The third kappa shape index (κ3) is 6.24. The summed E-state index contributed by atoms with van der Waals surface area (Å²) in [5, 5.41) is 2.43. The highest BCUT2D eigenvalue weighted by atomic mass is 32.2. The van der Waals surface area contributed by atoms with Crippen LogP contribution < -0.4 is 15.9 Å². The molecule has 2 atom stereocenters. The lowest BCUT2D eigenvalue weighted by molar-refractivity contribution is -0.136. The Labute approximate surface area is 261 Å². The molecule has 1 unspecified atom stereocenters. The van der Waals surface area contributed by atoms with Crippen LogP contribution in [0.1, 0.15) is 63.4 Å². The zero-order valence-corrected chi connectivity index (χ0v) is 26.5. The quantitative estimate of drug-likeness (QED) is 0.411. The number of anilines is 1. The number of hydrogen-bond donors (Lipinski definition) is 2. The number of nitrogens with one attached hydrogen (secondary N) is 2. The number of carbonyl (C=O) groups excluding carboxylic acids is 2. The zero-order chi connectivity index (χ0) is 31.0. The molecule has 3 saturated heterocycles. The first kappa shape index (κ1) is 30.6. The van der Waals surface area contributed by atoms with Crippen LogP contribution in [-0.4, -0.2) is 87.2 Å². The normalized spacial score (nSPS) is 21.9. The van der Waals surface area contributed by atoms with E-state index in [-0.39, 0.29) is 46.6 Å². The van der Waals surface area contributed by atoms with Gasteiger partial charge in [0, 0.05) is 70.0 Å². The number of hydrogen-bond acceptors (Lipinski definition) is 7. The summed E-state index contributed by atoms with van der Waals surface area (Å²) in [5.74, 6) is -0.387. The number of imidazole rings is 1. The summed E-state index contributed by atoms with van der Waals surface area (Å²) in [5.41, 5.74) is 2.53. The van der Waals surface area contributed by atoms with E-state index in [1.165, 1.54) is 17.8 Å². The van der Waals surface area contributed by atoms with Crippen LogP contribution in [0.15, 0.2) is 41.3 Å². The molecule has 12 heteroatoms. The van der Waals surface area contributed by atoms with Gasteiger partial charge in [-0.1, -0.05) is 32.9 Å². The Balaban J connectivity index is 1.18. The van der Waals surface area contributed by atoms with Gasteiger partial charge in [0.1, 0.15) is 11.2 Å². The summed E-state index contributed by atoms with van der Waals surface area (Å²) < 4.78 is 17.2. The third-order valence-electron chi connectivity index (χ3n) is 8.99. The van der Waals surface area contributed by atoms with Gasteiger partial charge in [-0.3, -0.25) is 19.1 Å². The molecule has 236 valence electrons. The SMILES string of the molecule is CC(C)(C)CCN1C(=O)[C@@H](CC(=O)N2CCC(n3c(=O)[nH]c4ncccc43)CC2)SC1c1cccc(F)c1N1CCNCC1. The number of aromatic nitrogens is 3. The van der Waals surface area contributed by atoms with Crippen molar-refractivity contribution in [2.45, 2.75) is 63.1 Å². The van der Waals surface area contributed by atoms with E-state index < -0.39 is 5.25 Å². The van der Waals surface area contributed by atoms with E-state index in [1.54, 1.807) is 16.8 Å². The highest BCUT2D eigenvalue weighted by molar-refractivity contribution is 8.01. The molecule has 1 aromatic carbocycles. The number of likely N-dealkylation sites (tertiary alicyclic amines) is 1. The number of rotatable bonds is 7. The Hall–Kier alpha value is -3.38. The molecule has 3 aliphatic rings. The standard InChI is InChI=1S/C32H42FN7O3S/c1-32(2,3)11-17-39-29(42)25(44-30(39)22-6-4-7-23(33)27(22)38-18-13-34-14-19-38)20-26(41)37-15-9-21(10-16-37)40-24-8-5-12-35-28(24)36-31(40)43/h4-8,12,21,25,30,34H,9-11,13-20H2,1-3H3,(H,35,36,43)/t25-,30?/m1/s1. The van der Waals surface area contributed by atoms with Crippen molar-refractivity contribution in [1.82, 2.24) is 29.7 Å². The Kier molecular flexibility index (Phi) is 8.74. The average molecular weight is 624 g/mol. The van der Waals surface area contributed by atoms with Gasteiger partial charge in [0.25, 0.3) is 0 Å². The molecule has 0 spiro atoms. The van der Waals surface area contributed by atoms with Crippen LogP contribution >= 0.6 is 11.8 Å². The van der Waals surface area contributed by atoms with Gasteiger partial charge < -0.3 is 20.0 Å². The molecule has 2 aromatic heterocycles. The minimum Gasteiger partial charge on any atom is -0.366 e. The maximum atomic E-state index is 15.4. The highest BCUT2D eigenvalue weighted by Gasteiger charge is 2.44. The number of halogens is 1. The van der Waals surface area contributed by atoms with Gasteiger partial charge in [0.05, 0.1) is 16.5 Å². The molecule has 0 bridgehead atoms. The van der Waals surface area contributed by atoms with Crippen molar-refractivity contribution in [1.29, 1.82) is 0 Å². The fraction of sp³-hybridized carbons (Fsp3) is 0.562. The number of para-hydroxylation sites is 1. The van der Waals surface area contributed by atoms with Crippen LogP contribution in [-0.2, 0) is 9.59 Å². The van der Waals surface area contributed by atoms with Crippen LogP contribution in [0.3, 0.4) is 0 Å². The van der Waals surface area contributed by atoms with Gasteiger partial charge in [-0.05, 0) is 42.9 Å². The van der Waals surface area contributed by atoms with Crippen molar-refractivity contribution >= 4 is 40.4 Å². The number of thioether (sulfide) groups is 1. The molecule has 0 saturated carbocycles. The van der Waals surface area contributed by atoms with Crippen molar-refractivity contribution in [2.24, 2.45) is 5.41 Å². The van der Waals surface area contributed by atoms with E-state index in [1.807, 2.05) is 28.0 Å². The van der Waals surface area contributed by atoms with Crippen LogP contribution in [0.5, 0.6) is 0 Å². The summed E-state index contributed by atoms with van der Waals surface area (Å²) in [6.45, 7) is 11.0. The van der Waals surface area contributed by atoms with Gasteiger partial charge in [-0.25, -0.2) is 14.2 Å². The molecular weight excluding hydrogens is 581 g/mol. The summed E-state index contributed by atoms with van der Waals surface area (Å²) in [4.78, 5) is 53.0. The number of pyridine rings is 1. The number of nitrogens with zero attached hydrogens (tertiary/aromatic N) is 5. The molecule has 6 rings (SSSR count). The molecular formula is C32H42FN7O3S. The van der Waals surface area contributed by atoms with Gasteiger partial charge in [0.15, 0.2) is 5.65 Å². The minimum absolute atomic E-state index is 0.0138. The maximum Gasteiger partial charge on any atom is 0.327 e. The van der Waals surface area contributed by atoms with Gasteiger partial charge >= 0.3 is 5.69 Å². The van der Waals surface area contributed by atoms with E-state index in [4.69, 9.17) is 0 Å². The molecule has 3 aliphatic heterocycles. The van der Waals surface area contributed by atoms with Crippen LogP contribution in [0.25, 0.3) is 11.2 Å². The van der Waals surface area contributed by atoms with E-state index in [0.717, 1.165) is 30.6 Å². The van der Waals surface area contributed by atoms with E-state index in [2.05, 4.69) is 41.0 Å². The van der Waals surface area contributed by atoms with Crippen molar-refractivity contribution < 1.29 is 14.0 Å². The van der Waals surface area contributed by atoms with Crippen molar-refractivity contribution in [3.63, 3.8) is 0 Å². The second-order valence-electron chi connectivity index (χ2n) is 13.2. The van der Waals surface area contributed by atoms with Crippen LogP contribution in [0.2, 0.25) is 0 Å². The largest absolute Gasteiger partial charge is 0.366 e. The number of amides is 2. The Bertz CT molecular complexity index is 1570. The third-order valence-corrected chi connectivity index (χ3v) is 10.5. The topological polar surface area (TPSA) is 107 Å². The molecule has 0 aliphatic carbocycles.